The van der Waals surface area contributed by atoms with Crippen molar-refractivity contribution in [1.29, 1.82) is 0 Å². The van der Waals surface area contributed by atoms with Gasteiger partial charge in [-0.3, -0.25) is 0 Å². The molecule has 1 aliphatic rings. The maximum atomic E-state index is 13.8. The highest BCUT2D eigenvalue weighted by molar-refractivity contribution is 5.43. The Morgan fingerprint density at radius 1 is 0.955 bits per heavy atom. The average molecular weight is 304 g/mol. The van der Waals surface area contributed by atoms with Crippen molar-refractivity contribution < 1.29 is 4.39 Å². The van der Waals surface area contributed by atoms with Crippen molar-refractivity contribution in [1.82, 2.24) is 19.9 Å². The lowest BCUT2D eigenvalue weighted by Gasteiger charge is -2.23. The molecule has 0 atom stereocenters. The Labute approximate surface area is 127 Å². The largest absolute Gasteiger partial charge is 0.368 e. The minimum absolute atomic E-state index is 0.0966. The Morgan fingerprint density at radius 2 is 1.64 bits per heavy atom. The number of rotatable bonds is 2. The highest BCUT2D eigenvalue weighted by Crippen LogP contribution is 2.19. The Kier molecular flexibility index (Phi) is 3.86. The van der Waals surface area contributed by atoms with Crippen molar-refractivity contribution in [3.63, 3.8) is 0 Å². The minimum Gasteiger partial charge on any atom is -0.368 e. The van der Waals surface area contributed by atoms with Crippen LogP contribution >= 0.6 is 0 Å². The molecule has 0 unspecified atom stereocenters. The first-order valence-corrected chi connectivity index (χ1v) is 7.01. The Hall–Kier alpha value is -2.71. The van der Waals surface area contributed by atoms with Gasteiger partial charge in [0.2, 0.25) is 17.8 Å². The summed E-state index contributed by atoms with van der Waals surface area (Å²) in [6.45, 7) is 2.67. The number of hydrogen-bond donors (Lipinski definition) is 2. The molecule has 2 aromatic rings. The molecule has 116 valence electrons. The normalized spacial score (nSPS) is 15.7. The van der Waals surface area contributed by atoms with Crippen LogP contribution in [0.4, 0.5) is 28.1 Å². The molecule has 3 rings (SSSR count). The highest BCUT2D eigenvalue weighted by Gasteiger charge is 2.20. The maximum absolute atomic E-state index is 13.8. The fourth-order valence-corrected chi connectivity index (χ4v) is 2.48. The molecule has 9 heteroatoms. The quantitative estimate of drug-likeness (QED) is 0.814. The highest BCUT2D eigenvalue weighted by atomic mass is 19.1. The van der Waals surface area contributed by atoms with E-state index in [1.807, 2.05) is 9.80 Å². The van der Waals surface area contributed by atoms with Crippen LogP contribution < -0.4 is 21.3 Å². The lowest BCUT2D eigenvalue weighted by atomic mass is 10.3. The SMILES string of the molecule is Nc1nc(N)nc(N2CCCN(c3ncccc3F)CC2)n1. The van der Waals surface area contributed by atoms with E-state index in [1.54, 1.807) is 12.3 Å². The van der Waals surface area contributed by atoms with Gasteiger partial charge in [-0.2, -0.15) is 15.0 Å². The molecule has 2 aromatic heterocycles. The summed E-state index contributed by atoms with van der Waals surface area (Å²) in [7, 11) is 0. The standard InChI is InChI=1S/C13H17FN8/c14-9-3-1-4-17-10(9)21-5-2-6-22(8-7-21)13-19-11(15)18-12(16)20-13/h1,3-4H,2,5-8H2,(H4,15,16,18,19,20). The van der Waals surface area contributed by atoms with Crippen molar-refractivity contribution in [3.8, 4) is 0 Å². The van der Waals surface area contributed by atoms with E-state index in [0.29, 0.717) is 31.4 Å². The van der Waals surface area contributed by atoms with Crippen LogP contribution in [-0.2, 0) is 0 Å². The molecule has 0 spiro atoms. The summed E-state index contributed by atoms with van der Waals surface area (Å²) in [5.41, 5.74) is 11.2. The van der Waals surface area contributed by atoms with Gasteiger partial charge >= 0.3 is 0 Å². The summed E-state index contributed by atoms with van der Waals surface area (Å²) in [5.74, 6) is 0.704. The number of nitrogens with zero attached hydrogens (tertiary/aromatic N) is 6. The minimum atomic E-state index is -0.315. The second-order valence-corrected chi connectivity index (χ2v) is 4.99. The van der Waals surface area contributed by atoms with Crippen molar-refractivity contribution >= 4 is 23.7 Å². The van der Waals surface area contributed by atoms with E-state index in [1.165, 1.54) is 6.07 Å². The molecule has 0 aliphatic carbocycles. The van der Waals surface area contributed by atoms with Crippen LogP contribution in [0.15, 0.2) is 18.3 Å². The monoisotopic (exact) mass is 304 g/mol. The maximum Gasteiger partial charge on any atom is 0.232 e. The topological polar surface area (TPSA) is 110 Å². The Morgan fingerprint density at radius 3 is 2.36 bits per heavy atom. The molecule has 3 heterocycles. The van der Waals surface area contributed by atoms with E-state index >= 15 is 0 Å². The predicted molar refractivity (Wildman–Crippen MR) is 81.9 cm³/mol. The first-order chi connectivity index (χ1) is 10.6. The molecule has 1 fully saturated rings. The summed E-state index contributed by atoms with van der Waals surface area (Å²) >= 11 is 0. The van der Waals surface area contributed by atoms with Crippen molar-refractivity contribution in [2.75, 3.05) is 47.4 Å². The molecule has 1 aliphatic heterocycles. The molecule has 8 nitrogen and oxygen atoms in total. The summed E-state index contributed by atoms with van der Waals surface area (Å²) in [6, 6.07) is 3.00. The second kappa shape index (κ2) is 5.96. The van der Waals surface area contributed by atoms with Crippen LogP contribution in [0.2, 0.25) is 0 Å². The number of aromatic nitrogens is 4. The van der Waals surface area contributed by atoms with E-state index < -0.39 is 0 Å². The molecule has 0 aromatic carbocycles. The van der Waals surface area contributed by atoms with Gasteiger partial charge in [-0.05, 0) is 18.6 Å². The Balaban J connectivity index is 1.76. The van der Waals surface area contributed by atoms with Gasteiger partial charge in [0.1, 0.15) is 0 Å². The third-order valence-electron chi connectivity index (χ3n) is 3.48. The van der Waals surface area contributed by atoms with Gasteiger partial charge in [0.05, 0.1) is 0 Å². The zero-order valence-electron chi connectivity index (χ0n) is 12.0. The molecule has 0 amide bonds. The van der Waals surface area contributed by atoms with E-state index in [9.17, 15) is 4.39 Å². The number of nitrogen functional groups attached to an aromatic ring is 2. The van der Waals surface area contributed by atoms with Crippen LogP contribution in [0.5, 0.6) is 0 Å². The van der Waals surface area contributed by atoms with Gasteiger partial charge in [-0.25, -0.2) is 9.37 Å². The van der Waals surface area contributed by atoms with Gasteiger partial charge in [0.15, 0.2) is 11.6 Å². The van der Waals surface area contributed by atoms with E-state index in [2.05, 4.69) is 19.9 Å². The van der Waals surface area contributed by atoms with Crippen molar-refractivity contribution in [2.24, 2.45) is 0 Å². The van der Waals surface area contributed by atoms with Crippen LogP contribution in [0.3, 0.4) is 0 Å². The van der Waals surface area contributed by atoms with Gasteiger partial charge in [0, 0.05) is 32.4 Å². The molecule has 4 N–H and O–H groups in total. The molecular formula is C13H17FN8. The molecule has 0 saturated carbocycles. The third kappa shape index (κ3) is 2.97. The number of hydrogen-bond acceptors (Lipinski definition) is 8. The van der Waals surface area contributed by atoms with Crippen molar-refractivity contribution in [3.05, 3.63) is 24.1 Å². The number of halogens is 1. The summed E-state index contributed by atoms with van der Waals surface area (Å²) < 4.78 is 13.8. The van der Waals surface area contributed by atoms with Crippen LogP contribution in [-0.4, -0.2) is 46.1 Å². The van der Waals surface area contributed by atoms with Crippen LogP contribution in [0.25, 0.3) is 0 Å². The number of nitrogens with two attached hydrogens (primary N) is 2. The first-order valence-electron chi connectivity index (χ1n) is 7.01. The summed E-state index contributed by atoms with van der Waals surface area (Å²) in [6.07, 6.45) is 2.41. The number of anilines is 4. The lowest BCUT2D eigenvalue weighted by molar-refractivity contribution is 0.610. The third-order valence-corrected chi connectivity index (χ3v) is 3.48. The van der Waals surface area contributed by atoms with Gasteiger partial charge in [0.25, 0.3) is 0 Å². The molecular weight excluding hydrogens is 287 g/mol. The first kappa shape index (κ1) is 14.2. The number of pyridine rings is 1. The average Bonchev–Trinajstić information content (AvgIpc) is 2.72. The fraction of sp³-hybridized carbons (Fsp3) is 0.385. The molecule has 0 bridgehead atoms. The summed E-state index contributed by atoms with van der Waals surface area (Å²) in [4.78, 5) is 20.0. The van der Waals surface area contributed by atoms with E-state index in [0.717, 1.165) is 13.0 Å². The molecule has 0 radical (unpaired) electrons. The zero-order chi connectivity index (χ0) is 15.5. The van der Waals surface area contributed by atoms with Crippen molar-refractivity contribution in [2.45, 2.75) is 6.42 Å². The summed E-state index contributed by atoms with van der Waals surface area (Å²) in [5, 5.41) is 0. The second-order valence-electron chi connectivity index (χ2n) is 4.99. The zero-order valence-corrected chi connectivity index (χ0v) is 12.0. The van der Waals surface area contributed by atoms with Gasteiger partial charge in [-0.1, -0.05) is 0 Å². The predicted octanol–water partition coefficient (Wildman–Crippen LogP) is 0.287. The molecule has 22 heavy (non-hydrogen) atoms. The van der Waals surface area contributed by atoms with Crippen LogP contribution in [0, 0.1) is 5.82 Å². The molecule has 1 saturated heterocycles. The Bertz CT molecular complexity index is 644. The van der Waals surface area contributed by atoms with Gasteiger partial charge < -0.3 is 21.3 Å². The van der Waals surface area contributed by atoms with E-state index in [4.69, 9.17) is 11.5 Å². The smallest absolute Gasteiger partial charge is 0.232 e. The fourth-order valence-electron chi connectivity index (χ4n) is 2.48. The van der Waals surface area contributed by atoms with Crippen LogP contribution in [0.1, 0.15) is 6.42 Å². The van der Waals surface area contributed by atoms with Gasteiger partial charge in [-0.15, -0.1) is 0 Å². The lowest BCUT2D eigenvalue weighted by Crippen LogP contribution is -2.32. The van der Waals surface area contributed by atoms with E-state index in [-0.39, 0.29) is 17.7 Å².